The summed E-state index contributed by atoms with van der Waals surface area (Å²) in [5.74, 6) is -1.88. The van der Waals surface area contributed by atoms with Crippen molar-refractivity contribution in [3.05, 3.63) is 111 Å². The normalized spacial score (nSPS) is 21.0. The Morgan fingerprint density at radius 3 is 2.47 bits per heavy atom. The summed E-state index contributed by atoms with van der Waals surface area (Å²) in [7, 11) is 0. The van der Waals surface area contributed by atoms with Gasteiger partial charge in [-0.1, -0.05) is 42.5 Å². The van der Waals surface area contributed by atoms with Crippen molar-refractivity contribution in [2.24, 2.45) is 4.99 Å². The van der Waals surface area contributed by atoms with Crippen LogP contribution in [-0.4, -0.2) is 40.5 Å². The molecule has 6 nitrogen and oxygen atoms in total. The van der Waals surface area contributed by atoms with Gasteiger partial charge >= 0.3 is 6.18 Å². The Morgan fingerprint density at radius 1 is 1.05 bits per heavy atom. The number of carbonyl (C=O) groups is 2. The van der Waals surface area contributed by atoms with E-state index in [0.29, 0.717) is 22.5 Å². The summed E-state index contributed by atoms with van der Waals surface area (Å²) in [6.07, 6.45) is -2.90. The van der Waals surface area contributed by atoms with Crippen molar-refractivity contribution in [1.29, 1.82) is 0 Å². The second kappa shape index (κ2) is 10.2. The van der Waals surface area contributed by atoms with Gasteiger partial charge in [0, 0.05) is 23.9 Å². The van der Waals surface area contributed by atoms with Crippen LogP contribution in [0.25, 0.3) is 0 Å². The smallest absolute Gasteiger partial charge is 0.339 e. The zero-order chi connectivity index (χ0) is 27.0. The minimum Gasteiger partial charge on any atom is -0.339 e. The third-order valence-corrected chi connectivity index (χ3v) is 7.08. The molecule has 0 fully saturated rings. The number of alkyl halides is 3. The van der Waals surface area contributed by atoms with Gasteiger partial charge in [0.25, 0.3) is 5.91 Å². The number of likely N-dealkylation sites (N-methyl/N-ethyl adjacent to an activating group) is 1. The van der Waals surface area contributed by atoms with Crippen LogP contribution < -0.4 is 5.32 Å². The van der Waals surface area contributed by atoms with Gasteiger partial charge in [-0.05, 0) is 58.7 Å². The lowest BCUT2D eigenvalue weighted by atomic mass is 9.81. The number of amides is 2. The minimum atomic E-state index is -4.61. The fraction of sp³-hybridized carbons (Fsp3) is 0.214. The van der Waals surface area contributed by atoms with E-state index in [4.69, 9.17) is 4.99 Å². The molecule has 3 heterocycles. The van der Waals surface area contributed by atoms with Crippen LogP contribution in [0.2, 0.25) is 0 Å². The molecule has 0 saturated heterocycles. The topological polar surface area (TPSA) is 74.7 Å². The highest BCUT2D eigenvalue weighted by Crippen LogP contribution is 2.45. The molecule has 38 heavy (non-hydrogen) atoms. The van der Waals surface area contributed by atoms with Crippen molar-refractivity contribution in [1.82, 2.24) is 15.2 Å². The van der Waals surface area contributed by atoms with Gasteiger partial charge in [0.15, 0.2) is 0 Å². The van der Waals surface area contributed by atoms with Crippen molar-refractivity contribution in [2.45, 2.75) is 31.1 Å². The summed E-state index contributed by atoms with van der Waals surface area (Å²) in [6, 6.07) is 17.4. The van der Waals surface area contributed by atoms with Crippen LogP contribution in [0.1, 0.15) is 46.1 Å². The third-order valence-electron chi connectivity index (χ3n) is 6.63. The van der Waals surface area contributed by atoms with E-state index in [-0.39, 0.29) is 11.5 Å². The number of rotatable bonds is 5. The molecule has 0 bridgehead atoms. The standard InChI is InChI=1S/C28H22BrF3N4O2/c1-2-36-25-19(15-33-23(25)16-8-4-3-5-9-16)22(20-12-7-13-21(29)34-20)24(27(36)38)35-26(37)17-10-6-11-18(14-17)28(30,31)32/h3-15,22-24H,2H2,1H3,(H,35,37)/t22-,23?,24-/m0/s1. The van der Waals surface area contributed by atoms with Crippen LogP contribution in [0.3, 0.4) is 0 Å². The van der Waals surface area contributed by atoms with Gasteiger partial charge in [-0.15, -0.1) is 0 Å². The number of hydrogen-bond donors (Lipinski definition) is 1. The molecule has 2 aliphatic rings. The molecule has 10 heteroatoms. The van der Waals surface area contributed by atoms with Gasteiger partial charge in [-0.2, -0.15) is 13.2 Å². The number of hydrogen-bond acceptors (Lipinski definition) is 4. The Bertz CT molecular complexity index is 1460. The monoisotopic (exact) mass is 582 g/mol. The summed E-state index contributed by atoms with van der Waals surface area (Å²) in [6.45, 7) is 2.14. The van der Waals surface area contributed by atoms with Crippen LogP contribution >= 0.6 is 15.9 Å². The molecule has 0 spiro atoms. The number of pyridine rings is 1. The zero-order valence-electron chi connectivity index (χ0n) is 20.1. The lowest BCUT2D eigenvalue weighted by Crippen LogP contribution is -2.55. The summed E-state index contributed by atoms with van der Waals surface area (Å²) in [5.41, 5.74) is 1.72. The molecule has 1 aromatic heterocycles. The van der Waals surface area contributed by atoms with Gasteiger partial charge in [-0.25, -0.2) is 4.98 Å². The van der Waals surface area contributed by atoms with Crippen LogP contribution in [0, 0.1) is 0 Å². The molecule has 5 rings (SSSR count). The van der Waals surface area contributed by atoms with E-state index >= 15 is 0 Å². The number of benzene rings is 2. The van der Waals surface area contributed by atoms with E-state index in [1.165, 1.54) is 12.1 Å². The fourth-order valence-corrected chi connectivity index (χ4v) is 5.30. The molecule has 0 radical (unpaired) electrons. The molecular weight excluding hydrogens is 561 g/mol. The maximum Gasteiger partial charge on any atom is 0.416 e. The van der Waals surface area contributed by atoms with E-state index in [9.17, 15) is 22.8 Å². The maximum atomic E-state index is 13.9. The Labute approximate surface area is 225 Å². The highest BCUT2D eigenvalue weighted by atomic mass is 79.9. The van der Waals surface area contributed by atoms with Gasteiger partial charge in [0.05, 0.1) is 22.9 Å². The van der Waals surface area contributed by atoms with E-state index in [2.05, 4.69) is 26.2 Å². The molecule has 2 amide bonds. The average Bonchev–Trinajstić information content (AvgIpc) is 3.33. The molecule has 3 aromatic rings. The van der Waals surface area contributed by atoms with Crippen LogP contribution in [0.5, 0.6) is 0 Å². The number of aliphatic imine (C=N–C) groups is 1. The Kier molecular flexibility index (Phi) is 6.92. The molecular formula is C28H22BrF3N4O2. The lowest BCUT2D eigenvalue weighted by Gasteiger charge is -2.39. The van der Waals surface area contributed by atoms with Crippen LogP contribution in [-0.2, 0) is 11.0 Å². The number of carbonyl (C=O) groups excluding carboxylic acids is 2. The molecule has 3 atom stereocenters. The average molecular weight is 583 g/mol. The zero-order valence-corrected chi connectivity index (χ0v) is 21.7. The van der Waals surface area contributed by atoms with Crippen molar-refractivity contribution >= 4 is 34.0 Å². The molecule has 2 aromatic carbocycles. The van der Waals surface area contributed by atoms with E-state index in [1.807, 2.05) is 37.3 Å². The highest BCUT2D eigenvalue weighted by molar-refractivity contribution is 9.10. The summed E-state index contributed by atoms with van der Waals surface area (Å²) < 4.78 is 40.3. The Morgan fingerprint density at radius 2 is 1.79 bits per heavy atom. The van der Waals surface area contributed by atoms with Gasteiger partial charge in [0.2, 0.25) is 5.91 Å². The number of aromatic nitrogens is 1. The summed E-state index contributed by atoms with van der Waals surface area (Å²) in [5, 5.41) is 2.71. The molecule has 0 saturated carbocycles. The maximum absolute atomic E-state index is 13.9. The van der Waals surface area contributed by atoms with Gasteiger partial charge in [-0.3, -0.25) is 14.6 Å². The minimum absolute atomic E-state index is 0.196. The molecule has 0 aliphatic carbocycles. The first kappa shape index (κ1) is 25.8. The third kappa shape index (κ3) is 4.76. The Balaban J connectivity index is 1.60. The summed E-state index contributed by atoms with van der Waals surface area (Å²) >= 11 is 3.37. The SMILES string of the molecule is CCN1C(=O)[C@@H](NC(=O)c2cccc(C(F)(F)F)c2)[C@H](c2cccc(Br)n2)C2=C1C(c1ccccc1)N=C2. The second-order valence-corrected chi connectivity index (χ2v) is 9.72. The van der Waals surface area contributed by atoms with Crippen molar-refractivity contribution in [2.75, 3.05) is 6.54 Å². The predicted octanol–water partition coefficient (Wildman–Crippen LogP) is 5.69. The largest absolute Gasteiger partial charge is 0.416 e. The Hall–Kier alpha value is -3.79. The van der Waals surface area contributed by atoms with Crippen molar-refractivity contribution in [3.63, 3.8) is 0 Å². The first-order chi connectivity index (χ1) is 18.2. The first-order valence-electron chi connectivity index (χ1n) is 11.9. The molecule has 1 unspecified atom stereocenters. The lowest BCUT2D eigenvalue weighted by molar-refractivity contribution is -0.137. The second-order valence-electron chi connectivity index (χ2n) is 8.91. The van der Waals surface area contributed by atoms with E-state index < -0.39 is 35.6 Å². The molecule has 1 N–H and O–H groups in total. The fourth-order valence-electron chi connectivity index (χ4n) is 4.94. The molecule has 2 aliphatic heterocycles. The van der Waals surface area contributed by atoms with Gasteiger partial charge < -0.3 is 10.2 Å². The van der Waals surface area contributed by atoms with Gasteiger partial charge in [0.1, 0.15) is 16.7 Å². The number of nitrogens with one attached hydrogen (secondary N) is 1. The first-order valence-corrected chi connectivity index (χ1v) is 12.7. The predicted molar refractivity (Wildman–Crippen MR) is 139 cm³/mol. The summed E-state index contributed by atoms with van der Waals surface area (Å²) in [4.78, 5) is 38.0. The highest BCUT2D eigenvalue weighted by Gasteiger charge is 2.47. The number of halogens is 4. The van der Waals surface area contributed by atoms with Crippen LogP contribution in [0.4, 0.5) is 13.2 Å². The van der Waals surface area contributed by atoms with Crippen molar-refractivity contribution < 1.29 is 22.8 Å². The number of nitrogens with zero attached hydrogens (tertiary/aromatic N) is 3. The van der Waals surface area contributed by atoms with Crippen LogP contribution in [0.15, 0.2) is 93.7 Å². The molecule has 194 valence electrons. The van der Waals surface area contributed by atoms with E-state index in [0.717, 1.165) is 23.3 Å². The van der Waals surface area contributed by atoms with E-state index in [1.54, 1.807) is 29.3 Å². The van der Waals surface area contributed by atoms with Crippen molar-refractivity contribution in [3.8, 4) is 0 Å². The quantitative estimate of drug-likeness (QED) is 0.393.